The molecule has 2 aromatic carbocycles. The van der Waals surface area contributed by atoms with Crippen LogP contribution in [0.2, 0.25) is 0 Å². The molecule has 28 heavy (non-hydrogen) atoms. The van der Waals surface area contributed by atoms with Crippen molar-refractivity contribution >= 4 is 5.91 Å². The van der Waals surface area contributed by atoms with E-state index < -0.39 is 0 Å². The fourth-order valence-electron chi connectivity index (χ4n) is 3.27. The molecular weight excluding hydrogens is 346 g/mol. The van der Waals surface area contributed by atoms with E-state index in [0.29, 0.717) is 12.1 Å². The minimum atomic E-state index is 0.00722. The standard InChI is InChI=1S/C24H27N3O/c1-18-7-6-14-25-23(18)21-8-5-9-22(15-21)24(28)27(4)17-20-12-10-19(11-13-20)16-26(2)3/h5-15H,16-17H2,1-4H3. The average molecular weight is 374 g/mol. The van der Waals surface area contributed by atoms with Gasteiger partial charge in [0.25, 0.3) is 5.91 Å². The Hall–Kier alpha value is -2.98. The van der Waals surface area contributed by atoms with Crippen LogP contribution >= 0.6 is 0 Å². The number of nitrogens with zero attached hydrogens (tertiary/aromatic N) is 3. The number of aryl methyl sites for hydroxylation is 1. The summed E-state index contributed by atoms with van der Waals surface area (Å²) in [6, 6.07) is 20.1. The summed E-state index contributed by atoms with van der Waals surface area (Å²) in [5, 5.41) is 0. The number of rotatable bonds is 6. The third-order valence-electron chi connectivity index (χ3n) is 4.68. The number of amides is 1. The highest BCUT2D eigenvalue weighted by Crippen LogP contribution is 2.22. The zero-order valence-electron chi connectivity index (χ0n) is 17.0. The Morgan fingerprint density at radius 1 is 0.893 bits per heavy atom. The molecule has 3 rings (SSSR count). The van der Waals surface area contributed by atoms with Crippen molar-refractivity contribution in [2.24, 2.45) is 0 Å². The lowest BCUT2D eigenvalue weighted by molar-refractivity contribution is 0.0785. The molecule has 1 heterocycles. The second-order valence-electron chi connectivity index (χ2n) is 7.47. The molecule has 144 valence electrons. The van der Waals surface area contributed by atoms with Gasteiger partial charge in [0.15, 0.2) is 0 Å². The lowest BCUT2D eigenvalue weighted by Gasteiger charge is -2.18. The molecular formula is C24H27N3O. The summed E-state index contributed by atoms with van der Waals surface area (Å²) < 4.78 is 0. The normalized spacial score (nSPS) is 10.9. The first-order chi connectivity index (χ1) is 13.4. The van der Waals surface area contributed by atoms with Gasteiger partial charge in [-0.2, -0.15) is 0 Å². The summed E-state index contributed by atoms with van der Waals surface area (Å²) in [6.07, 6.45) is 1.78. The first-order valence-electron chi connectivity index (χ1n) is 9.44. The van der Waals surface area contributed by atoms with Gasteiger partial charge in [0.2, 0.25) is 0 Å². The summed E-state index contributed by atoms with van der Waals surface area (Å²) >= 11 is 0. The number of benzene rings is 2. The van der Waals surface area contributed by atoms with Crippen molar-refractivity contribution in [2.45, 2.75) is 20.0 Å². The van der Waals surface area contributed by atoms with Gasteiger partial charge in [0, 0.05) is 37.5 Å². The molecule has 1 amide bonds. The molecule has 0 atom stereocenters. The van der Waals surface area contributed by atoms with Crippen LogP contribution in [0.5, 0.6) is 0 Å². The number of hydrogen-bond donors (Lipinski definition) is 0. The number of carbonyl (C=O) groups is 1. The van der Waals surface area contributed by atoms with Crippen LogP contribution < -0.4 is 0 Å². The molecule has 1 aromatic heterocycles. The summed E-state index contributed by atoms with van der Waals surface area (Å²) in [5.41, 5.74) is 6.03. The minimum absolute atomic E-state index is 0.00722. The summed E-state index contributed by atoms with van der Waals surface area (Å²) in [6.45, 7) is 3.52. The van der Waals surface area contributed by atoms with Crippen molar-refractivity contribution in [3.8, 4) is 11.3 Å². The van der Waals surface area contributed by atoms with Crippen molar-refractivity contribution in [3.63, 3.8) is 0 Å². The molecule has 0 fully saturated rings. The van der Waals surface area contributed by atoms with E-state index in [2.05, 4.69) is 48.2 Å². The van der Waals surface area contributed by atoms with E-state index >= 15 is 0 Å². The van der Waals surface area contributed by atoms with Crippen LogP contribution in [0.25, 0.3) is 11.3 Å². The molecule has 0 unspecified atom stereocenters. The molecule has 0 aliphatic carbocycles. The van der Waals surface area contributed by atoms with E-state index in [9.17, 15) is 4.79 Å². The molecule has 0 aliphatic rings. The maximum absolute atomic E-state index is 12.9. The smallest absolute Gasteiger partial charge is 0.253 e. The largest absolute Gasteiger partial charge is 0.337 e. The third kappa shape index (κ3) is 4.84. The molecule has 3 aromatic rings. The monoisotopic (exact) mass is 373 g/mol. The van der Waals surface area contributed by atoms with Crippen LogP contribution in [0.3, 0.4) is 0 Å². The number of pyridine rings is 1. The fraction of sp³-hybridized carbons (Fsp3) is 0.250. The van der Waals surface area contributed by atoms with Gasteiger partial charge in [-0.25, -0.2) is 0 Å². The minimum Gasteiger partial charge on any atom is -0.337 e. The molecule has 0 aliphatic heterocycles. The lowest BCUT2D eigenvalue weighted by atomic mass is 10.0. The first kappa shape index (κ1) is 19.8. The van der Waals surface area contributed by atoms with E-state index in [-0.39, 0.29) is 5.91 Å². The summed E-state index contributed by atoms with van der Waals surface area (Å²) in [7, 11) is 5.95. The molecule has 4 heteroatoms. The zero-order chi connectivity index (χ0) is 20.1. The summed E-state index contributed by atoms with van der Waals surface area (Å²) in [5.74, 6) is 0.00722. The van der Waals surface area contributed by atoms with Crippen LogP contribution in [0, 0.1) is 6.92 Å². The second-order valence-corrected chi connectivity index (χ2v) is 7.47. The van der Waals surface area contributed by atoms with Gasteiger partial charge >= 0.3 is 0 Å². The van der Waals surface area contributed by atoms with E-state index in [1.165, 1.54) is 5.56 Å². The Kier molecular flexibility index (Phi) is 6.22. The maximum atomic E-state index is 12.9. The van der Waals surface area contributed by atoms with Gasteiger partial charge in [-0.15, -0.1) is 0 Å². The predicted octanol–water partition coefficient (Wildman–Crippen LogP) is 4.39. The third-order valence-corrected chi connectivity index (χ3v) is 4.68. The highest BCUT2D eigenvalue weighted by atomic mass is 16.2. The van der Waals surface area contributed by atoms with E-state index in [0.717, 1.165) is 28.9 Å². The molecule has 0 bridgehead atoms. The Balaban J connectivity index is 1.73. The van der Waals surface area contributed by atoms with Gasteiger partial charge in [0.05, 0.1) is 5.69 Å². The molecule has 0 saturated heterocycles. The maximum Gasteiger partial charge on any atom is 0.253 e. The second kappa shape index (κ2) is 8.81. The number of hydrogen-bond acceptors (Lipinski definition) is 3. The van der Waals surface area contributed by atoms with E-state index in [1.54, 1.807) is 11.1 Å². The van der Waals surface area contributed by atoms with Crippen LogP contribution in [-0.4, -0.2) is 41.8 Å². The topological polar surface area (TPSA) is 36.4 Å². The van der Waals surface area contributed by atoms with Crippen molar-refractivity contribution in [2.75, 3.05) is 21.1 Å². The van der Waals surface area contributed by atoms with Crippen LogP contribution in [0.1, 0.15) is 27.0 Å². The molecule has 0 radical (unpaired) electrons. The highest BCUT2D eigenvalue weighted by Gasteiger charge is 2.14. The predicted molar refractivity (Wildman–Crippen MR) is 114 cm³/mol. The van der Waals surface area contributed by atoms with Crippen LogP contribution in [-0.2, 0) is 13.1 Å². The van der Waals surface area contributed by atoms with Gasteiger partial charge in [0.1, 0.15) is 0 Å². The zero-order valence-corrected chi connectivity index (χ0v) is 17.0. The van der Waals surface area contributed by atoms with Gasteiger partial charge < -0.3 is 9.80 Å². The number of carbonyl (C=O) groups excluding carboxylic acids is 1. The van der Waals surface area contributed by atoms with Crippen molar-refractivity contribution in [3.05, 3.63) is 89.1 Å². The van der Waals surface area contributed by atoms with Gasteiger partial charge in [-0.3, -0.25) is 9.78 Å². The Labute approximate surface area is 167 Å². The highest BCUT2D eigenvalue weighted by molar-refractivity contribution is 5.95. The van der Waals surface area contributed by atoms with Crippen molar-refractivity contribution in [1.82, 2.24) is 14.8 Å². The first-order valence-corrected chi connectivity index (χ1v) is 9.44. The van der Waals surface area contributed by atoms with Crippen molar-refractivity contribution < 1.29 is 4.79 Å². The fourth-order valence-corrected chi connectivity index (χ4v) is 3.27. The Bertz CT molecular complexity index is 948. The van der Waals surface area contributed by atoms with Crippen molar-refractivity contribution in [1.29, 1.82) is 0 Å². The van der Waals surface area contributed by atoms with Gasteiger partial charge in [-0.1, -0.05) is 42.5 Å². The Morgan fingerprint density at radius 3 is 2.21 bits per heavy atom. The lowest BCUT2D eigenvalue weighted by Crippen LogP contribution is -2.26. The number of aromatic nitrogens is 1. The molecule has 0 saturated carbocycles. The SMILES string of the molecule is Cc1cccnc1-c1cccc(C(=O)N(C)Cc2ccc(CN(C)C)cc2)c1. The summed E-state index contributed by atoms with van der Waals surface area (Å²) in [4.78, 5) is 21.3. The Morgan fingerprint density at radius 2 is 1.57 bits per heavy atom. The molecule has 4 nitrogen and oxygen atoms in total. The van der Waals surface area contributed by atoms with E-state index in [1.807, 2.05) is 50.4 Å². The average Bonchev–Trinajstić information content (AvgIpc) is 2.69. The van der Waals surface area contributed by atoms with Crippen LogP contribution in [0.15, 0.2) is 66.9 Å². The molecule has 0 N–H and O–H groups in total. The van der Waals surface area contributed by atoms with Crippen LogP contribution in [0.4, 0.5) is 0 Å². The quantitative estimate of drug-likeness (QED) is 0.643. The molecule has 0 spiro atoms. The van der Waals surface area contributed by atoms with Gasteiger partial charge in [-0.05, 0) is 55.9 Å². The van der Waals surface area contributed by atoms with E-state index in [4.69, 9.17) is 0 Å².